The zero-order valence-corrected chi connectivity index (χ0v) is 16.8. The largest absolute Gasteiger partial charge is 0.497 e. The third-order valence-corrected chi connectivity index (χ3v) is 4.85. The molecule has 8 heteroatoms. The van der Waals surface area contributed by atoms with Gasteiger partial charge in [-0.25, -0.2) is 9.97 Å². The van der Waals surface area contributed by atoms with Crippen LogP contribution in [-0.2, 0) is 0 Å². The predicted molar refractivity (Wildman–Crippen MR) is 107 cm³/mol. The van der Waals surface area contributed by atoms with Crippen molar-refractivity contribution in [1.82, 2.24) is 20.2 Å². The Morgan fingerprint density at radius 1 is 1.21 bits per heavy atom. The standard InChI is InChI=1S/C20H27N5O3/c1-24(2)11-14-12-25(20-21-8-5-9-22-20)13-17(14)23-19(26)16-7-6-15(27-3)10-18(16)28-4/h5-10,14,17H,11-13H2,1-4H3,(H,23,26)/t14-,17-/m1/s1. The van der Waals surface area contributed by atoms with Crippen LogP contribution in [0.15, 0.2) is 36.7 Å². The predicted octanol–water partition coefficient (Wildman–Crippen LogP) is 1.29. The van der Waals surface area contributed by atoms with Gasteiger partial charge in [-0.05, 0) is 32.3 Å². The average Bonchev–Trinajstić information content (AvgIpc) is 3.09. The number of ether oxygens (including phenoxy) is 2. The van der Waals surface area contributed by atoms with Crippen LogP contribution in [0.5, 0.6) is 11.5 Å². The molecule has 2 heterocycles. The van der Waals surface area contributed by atoms with Crippen molar-refractivity contribution < 1.29 is 14.3 Å². The topological polar surface area (TPSA) is 79.8 Å². The number of nitrogens with one attached hydrogen (secondary N) is 1. The van der Waals surface area contributed by atoms with E-state index in [-0.39, 0.29) is 17.9 Å². The molecule has 150 valence electrons. The highest BCUT2D eigenvalue weighted by Crippen LogP contribution is 2.26. The quantitative estimate of drug-likeness (QED) is 0.769. The first-order chi connectivity index (χ1) is 13.5. The fraction of sp³-hybridized carbons (Fsp3) is 0.450. The minimum atomic E-state index is -0.163. The van der Waals surface area contributed by atoms with Gasteiger partial charge in [-0.1, -0.05) is 0 Å². The van der Waals surface area contributed by atoms with E-state index in [9.17, 15) is 4.79 Å². The molecule has 1 aromatic heterocycles. The van der Waals surface area contributed by atoms with E-state index in [1.54, 1.807) is 50.9 Å². The summed E-state index contributed by atoms with van der Waals surface area (Å²) in [5, 5.41) is 3.18. The highest BCUT2D eigenvalue weighted by atomic mass is 16.5. The molecule has 1 aliphatic heterocycles. The van der Waals surface area contributed by atoms with Crippen LogP contribution in [-0.4, -0.2) is 74.8 Å². The molecule has 28 heavy (non-hydrogen) atoms. The summed E-state index contributed by atoms with van der Waals surface area (Å²) in [6.45, 7) is 2.30. The maximum atomic E-state index is 13.0. The van der Waals surface area contributed by atoms with Crippen LogP contribution < -0.4 is 19.7 Å². The van der Waals surface area contributed by atoms with Crippen LogP contribution in [0.4, 0.5) is 5.95 Å². The summed E-state index contributed by atoms with van der Waals surface area (Å²) in [6.07, 6.45) is 3.47. The van der Waals surface area contributed by atoms with E-state index in [1.807, 2.05) is 14.1 Å². The lowest BCUT2D eigenvalue weighted by Crippen LogP contribution is -2.43. The van der Waals surface area contributed by atoms with Crippen molar-refractivity contribution in [2.45, 2.75) is 6.04 Å². The normalized spacial score (nSPS) is 19.0. The molecule has 2 aromatic rings. The van der Waals surface area contributed by atoms with Crippen molar-refractivity contribution in [2.24, 2.45) is 5.92 Å². The molecule has 1 fully saturated rings. The Kier molecular flexibility index (Phi) is 6.30. The number of nitrogens with zero attached hydrogens (tertiary/aromatic N) is 4. The summed E-state index contributed by atoms with van der Waals surface area (Å²) in [5.74, 6) is 1.91. The van der Waals surface area contributed by atoms with Crippen molar-refractivity contribution in [2.75, 3.05) is 52.8 Å². The van der Waals surface area contributed by atoms with Crippen LogP contribution in [0.25, 0.3) is 0 Å². The number of rotatable bonds is 7. The van der Waals surface area contributed by atoms with Gasteiger partial charge < -0.3 is 24.6 Å². The molecule has 1 saturated heterocycles. The van der Waals surface area contributed by atoms with Gasteiger partial charge >= 0.3 is 0 Å². The Morgan fingerprint density at radius 3 is 2.61 bits per heavy atom. The smallest absolute Gasteiger partial charge is 0.255 e. The van der Waals surface area contributed by atoms with Crippen LogP contribution in [0.2, 0.25) is 0 Å². The number of methoxy groups -OCH3 is 2. The lowest BCUT2D eigenvalue weighted by Gasteiger charge is -2.23. The van der Waals surface area contributed by atoms with Gasteiger partial charge in [0.25, 0.3) is 5.91 Å². The molecule has 3 rings (SSSR count). The first kappa shape index (κ1) is 19.9. The van der Waals surface area contributed by atoms with Crippen LogP contribution in [0, 0.1) is 5.92 Å². The van der Waals surface area contributed by atoms with E-state index in [0.717, 1.165) is 13.1 Å². The Bertz CT molecular complexity index is 800. The van der Waals surface area contributed by atoms with E-state index in [0.29, 0.717) is 29.6 Å². The molecule has 1 aliphatic rings. The van der Waals surface area contributed by atoms with E-state index in [1.165, 1.54) is 0 Å². The van der Waals surface area contributed by atoms with Crippen LogP contribution in [0.3, 0.4) is 0 Å². The van der Waals surface area contributed by atoms with Gasteiger partial charge in [0.15, 0.2) is 0 Å². The molecule has 2 atom stereocenters. The monoisotopic (exact) mass is 385 g/mol. The molecular weight excluding hydrogens is 358 g/mol. The maximum Gasteiger partial charge on any atom is 0.255 e. The lowest BCUT2D eigenvalue weighted by molar-refractivity contribution is 0.0925. The summed E-state index contributed by atoms with van der Waals surface area (Å²) in [7, 11) is 7.20. The Labute approximate surface area is 165 Å². The molecule has 8 nitrogen and oxygen atoms in total. The second kappa shape index (κ2) is 8.88. The first-order valence-electron chi connectivity index (χ1n) is 9.21. The Hall–Kier alpha value is -2.87. The molecule has 0 unspecified atom stereocenters. The molecule has 0 bridgehead atoms. The van der Waals surface area contributed by atoms with Crippen molar-refractivity contribution >= 4 is 11.9 Å². The highest BCUT2D eigenvalue weighted by Gasteiger charge is 2.35. The fourth-order valence-electron chi connectivity index (χ4n) is 3.54. The number of amides is 1. The van der Waals surface area contributed by atoms with E-state index in [2.05, 4.69) is 25.1 Å². The zero-order chi connectivity index (χ0) is 20.1. The molecule has 0 radical (unpaired) electrons. The van der Waals surface area contributed by atoms with Crippen molar-refractivity contribution in [3.63, 3.8) is 0 Å². The highest BCUT2D eigenvalue weighted by molar-refractivity contribution is 5.97. The van der Waals surface area contributed by atoms with Gasteiger partial charge in [0.2, 0.25) is 5.95 Å². The molecule has 0 spiro atoms. The summed E-state index contributed by atoms with van der Waals surface area (Å²) < 4.78 is 10.6. The lowest BCUT2D eigenvalue weighted by atomic mass is 10.0. The number of benzene rings is 1. The summed E-state index contributed by atoms with van der Waals surface area (Å²) in [5.41, 5.74) is 0.487. The van der Waals surface area contributed by atoms with Crippen molar-refractivity contribution in [1.29, 1.82) is 0 Å². The van der Waals surface area contributed by atoms with Gasteiger partial charge in [-0.3, -0.25) is 4.79 Å². The molecule has 1 N–H and O–H groups in total. The minimum Gasteiger partial charge on any atom is -0.497 e. The van der Waals surface area contributed by atoms with E-state index >= 15 is 0 Å². The molecule has 1 amide bonds. The van der Waals surface area contributed by atoms with E-state index in [4.69, 9.17) is 9.47 Å². The summed E-state index contributed by atoms with van der Waals surface area (Å²) >= 11 is 0. The Balaban J connectivity index is 1.77. The fourth-order valence-corrected chi connectivity index (χ4v) is 3.54. The molecular formula is C20H27N5O3. The van der Waals surface area contributed by atoms with Crippen molar-refractivity contribution in [3.8, 4) is 11.5 Å². The average molecular weight is 385 g/mol. The van der Waals surface area contributed by atoms with Crippen LogP contribution >= 0.6 is 0 Å². The number of carbonyl (C=O) groups excluding carboxylic acids is 1. The second-order valence-corrected chi connectivity index (χ2v) is 7.12. The first-order valence-corrected chi connectivity index (χ1v) is 9.21. The number of anilines is 1. The molecule has 0 aliphatic carbocycles. The maximum absolute atomic E-state index is 13.0. The SMILES string of the molecule is COc1ccc(C(=O)N[C@@H]2CN(c3ncccn3)C[C@H]2CN(C)C)c(OC)c1. The molecule has 0 saturated carbocycles. The van der Waals surface area contributed by atoms with Crippen molar-refractivity contribution in [3.05, 3.63) is 42.2 Å². The number of hydrogen-bond acceptors (Lipinski definition) is 7. The number of hydrogen-bond donors (Lipinski definition) is 1. The molecule has 1 aromatic carbocycles. The minimum absolute atomic E-state index is 0.0227. The number of aromatic nitrogens is 2. The van der Waals surface area contributed by atoms with Gasteiger partial charge in [0.05, 0.1) is 25.8 Å². The van der Waals surface area contributed by atoms with E-state index < -0.39 is 0 Å². The summed E-state index contributed by atoms with van der Waals surface area (Å²) in [4.78, 5) is 25.9. The summed E-state index contributed by atoms with van der Waals surface area (Å²) in [6, 6.07) is 6.97. The second-order valence-electron chi connectivity index (χ2n) is 7.12. The van der Waals surface area contributed by atoms with Gasteiger partial charge in [0.1, 0.15) is 11.5 Å². The zero-order valence-electron chi connectivity index (χ0n) is 16.8. The van der Waals surface area contributed by atoms with Gasteiger partial charge in [0, 0.05) is 44.0 Å². The number of carbonyl (C=O) groups is 1. The third kappa shape index (κ3) is 4.51. The third-order valence-electron chi connectivity index (χ3n) is 4.85. The van der Waals surface area contributed by atoms with Gasteiger partial charge in [-0.15, -0.1) is 0 Å². The van der Waals surface area contributed by atoms with Crippen LogP contribution in [0.1, 0.15) is 10.4 Å². The van der Waals surface area contributed by atoms with Gasteiger partial charge in [-0.2, -0.15) is 0 Å². The Morgan fingerprint density at radius 2 is 1.96 bits per heavy atom.